The van der Waals surface area contributed by atoms with E-state index >= 15 is 0 Å². The molecule has 0 saturated carbocycles. The Bertz CT molecular complexity index is 140. The lowest BCUT2D eigenvalue weighted by atomic mass is 10.2. The molecule has 0 amide bonds. The van der Waals surface area contributed by atoms with Gasteiger partial charge >= 0.3 is 0 Å². The molecule has 0 saturated heterocycles. The van der Waals surface area contributed by atoms with Gasteiger partial charge in [-0.1, -0.05) is 26.7 Å². The molecule has 16 heavy (non-hydrogen) atoms. The molecule has 3 heteroatoms. The standard InChI is InChI=1S/C13H29NO2/c1-12(2)14-9-7-5-6-8-10-16-13(3)11-15-4/h12-14H,5-11H2,1-4H3. The number of hydrogen-bond donors (Lipinski definition) is 1. The van der Waals surface area contributed by atoms with Crippen molar-refractivity contribution in [2.75, 3.05) is 26.9 Å². The lowest BCUT2D eigenvalue weighted by molar-refractivity contribution is 0.00764. The summed E-state index contributed by atoms with van der Waals surface area (Å²) in [7, 11) is 1.71. The van der Waals surface area contributed by atoms with E-state index in [-0.39, 0.29) is 6.10 Å². The van der Waals surface area contributed by atoms with Gasteiger partial charge in [-0.3, -0.25) is 0 Å². The van der Waals surface area contributed by atoms with E-state index in [1.165, 1.54) is 19.3 Å². The lowest BCUT2D eigenvalue weighted by Crippen LogP contribution is -2.23. The van der Waals surface area contributed by atoms with Crippen LogP contribution in [0.5, 0.6) is 0 Å². The maximum Gasteiger partial charge on any atom is 0.0780 e. The van der Waals surface area contributed by atoms with Gasteiger partial charge in [0.25, 0.3) is 0 Å². The number of hydrogen-bond acceptors (Lipinski definition) is 3. The molecule has 0 rings (SSSR count). The van der Waals surface area contributed by atoms with Gasteiger partial charge in [0.1, 0.15) is 0 Å². The fraction of sp³-hybridized carbons (Fsp3) is 1.00. The molecule has 0 aliphatic carbocycles. The molecule has 0 spiro atoms. The number of nitrogens with one attached hydrogen (secondary N) is 1. The minimum atomic E-state index is 0.229. The first-order valence-electron chi connectivity index (χ1n) is 6.50. The van der Waals surface area contributed by atoms with Gasteiger partial charge in [-0.2, -0.15) is 0 Å². The summed E-state index contributed by atoms with van der Waals surface area (Å²) in [6.45, 7) is 9.12. The fourth-order valence-electron chi connectivity index (χ4n) is 1.54. The van der Waals surface area contributed by atoms with E-state index in [0.29, 0.717) is 12.6 Å². The van der Waals surface area contributed by atoms with Crippen molar-refractivity contribution in [2.45, 2.75) is 58.6 Å². The molecule has 1 atom stereocenters. The highest BCUT2D eigenvalue weighted by Gasteiger charge is 2.00. The van der Waals surface area contributed by atoms with E-state index in [1.54, 1.807) is 7.11 Å². The van der Waals surface area contributed by atoms with Gasteiger partial charge in [-0.05, 0) is 26.3 Å². The second-order valence-corrected chi connectivity index (χ2v) is 4.66. The number of unbranched alkanes of at least 4 members (excludes halogenated alkanes) is 3. The van der Waals surface area contributed by atoms with Gasteiger partial charge in [0.15, 0.2) is 0 Å². The summed E-state index contributed by atoms with van der Waals surface area (Å²) in [5.74, 6) is 0. The molecule has 0 bridgehead atoms. The van der Waals surface area contributed by atoms with Crippen LogP contribution in [-0.2, 0) is 9.47 Å². The predicted molar refractivity (Wildman–Crippen MR) is 68.9 cm³/mol. The first-order valence-corrected chi connectivity index (χ1v) is 6.50. The topological polar surface area (TPSA) is 30.5 Å². The monoisotopic (exact) mass is 231 g/mol. The van der Waals surface area contributed by atoms with Crippen LogP contribution in [0.1, 0.15) is 46.5 Å². The smallest absolute Gasteiger partial charge is 0.0780 e. The molecule has 0 radical (unpaired) electrons. The van der Waals surface area contributed by atoms with Crippen molar-refractivity contribution in [2.24, 2.45) is 0 Å². The van der Waals surface area contributed by atoms with E-state index in [0.717, 1.165) is 19.6 Å². The minimum Gasteiger partial charge on any atom is -0.382 e. The first-order chi connectivity index (χ1) is 7.66. The van der Waals surface area contributed by atoms with Crippen LogP contribution < -0.4 is 5.32 Å². The van der Waals surface area contributed by atoms with E-state index in [1.807, 2.05) is 0 Å². The van der Waals surface area contributed by atoms with E-state index < -0.39 is 0 Å². The average molecular weight is 231 g/mol. The quantitative estimate of drug-likeness (QED) is 0.554. The first kappa shape index (κ1) is 15.9. The zero-order valence-corrected chi connectivity index (χ0v) is 11.4. The normalized spacial score (nSPS) is 13.3. The molecule has 1 unspecified atom stereocenters. The Hall–Kier alpha value is -0.120. The molecule has 0 aliphatic rings. The van der Waals surface area contributed by atoms with Gasteiger partial charge in [-0.15, -0.1) is 0 Å². The van der Waals surface area contributed by atoms with Crippen LogP contribution >= 0.6 is 0 Å². The Balaban J connectivity index is 3.04. The van der Waals surface area contributed by atoms with Gasteiger partial charge in [0, 0.05) is 19.8 Å². The molecule has 3 nitrogen and oxygen atoms in total. The van der Waals surface area contributed by atoms with Gasteiger partial charge in [0.2, 0.25) is 0 Å². The third-order valence-electron chi connectivity index (χ3n) is 2.43. The molecular formula is C13H29NO2. The fourth-order valence-corrected chi connectivity index (χ4v) is 1.54. The summed E-state index contributed by atoms with van der Waals surface area (Å²) >= 11 is 0. The van der Waals surface area contributed by atoms with Crippen molar-refractivity contribution in [3.05, 3.63) is 0 Å². The van der Waals surface area contributed by atoms with E-state index in [2.05, 4.69) is 26.1 Å². The SMILES string of the molecule is COCC(C)OCCCCCCNC(C)C. The van der Waals surface area contributed by atoms with E-state index in [9.17, 15) is 0 Å². The number of ether oxygens (including phenoxy) is 2. The van der Waals surface area contributed by atoms with Crippen LogP contribution in [0, 0.1) is 0 Å². The van der Waals surface area contributed by atoms with Crippen LogP contribution in [0.3, 0.4) is 0 Å². The van der Waals surface area contributed by atoms with Crippen molar-refractivity contribution >= 4 is 0 Å². The van der Waals surface area contributed by atoms with Gasteiger partial charge in [-0.25, -0.2) is 0 Å². The molecule has 1 N–H and O–H groups in total. The third-order valence-corrected chi connectivity index (χ3v) is 2.43. The minimum absolute atomic E-state index is 0.229. The lowest BCUT2D eigenvalue weighted by Gasteiger charge is -2.11. The summed E-state index contributed by atoms with van der Waals surface area (Å²) in [6, 6.07) is 0.609. The van der Waals surface area contributed by atoms with Crippen LogP contribution in [0.25, 0.3) is 0 Å². The Labute approximate surface area is 101 Å². The summed E-state index contributed by atoms with van der Waals surface area (Å²) in [5, 5.41) is 3.42. The number of rotatable bonds is 11. The van der Waals surface area contributed by atoms with Crippen molar-refractivity contribution in [3.8, 4) is 0 Å². The van der Waals surface area contributed by atoms with Gasteiger partial charge < -0.3 is 14.8 Å². The van der Waals surface area contributed by atoms with Crippen LogP contribution in [0.15, 0.2) is 0 Å². The maximum absolute atomic E-state index is 5.59. The summed E-state index contributed by atoms with van der Waals surface area (Å²) in [4.78, 5) is 0. The molecule has 98 valence electrons. The Kier molecular flexibility index (Phi) is 11.3. The highest BCUT2D eigenvalue weighted by Crippen LogP contribution is 2.01. The van der Waals surface area contributed by atoms with Crippen molar-refractivity contribution in [1.82, 2.24) is 5.32 Å². The van der Waals surface area contributed by atoms with Crippen molar-refractivity contribution in [1.29, 1.82) is 0 Å². The van der Waals surface area contributed by atoms with Crippen LogP contribution in [0.2, 0.25) is 0 Å². The average Bonchev–Trinajstić information content (AvgIpc) is 2.22. The number of methoxy groups -OCH3 is 1. The Morgan fingerprint density at radius 1 is 1.00 bits per heavy atom. The third kappa shape index (κ3) is 12.0. The second kappa shape index (κ2) is 11.4. The van der Waals surface area contributed by atoms with Gasteiger partial charge in [0.05, 0.1) is 12.7 Å². The zero-order valence-electron chi connectivity index (χ0n) is 11.4. The molecular weight excluding hydrogens is 202 g/mol. The maximum atomic E-state index is 5.59. The predicted octanol–water partition coefficient (Wildman–Crippen LogP) is 2.60. The van der Waals surface area contributed by atoms with Crippen molar-refractivity contribution in [3.63, 3.8) is 0 Å². The Morgan fingerprint density at radius 2 is 1.69 bits per heavy atom. The highest BCUT2D eigenvalue weighted by atomic mass is 16.5. The molecule has 0 aromatic heterocycles. The molecule has 0 heterocycles. The highest BCUT2D eigenvalue weighted by molar-refractivity contribution is 4.53. The Morgan fingerprint density at radius 3 is 2.31 bits per heavy atom. The van der Waals surface area contributed by atoms with Crippen molar-refractivity contribution < 1.29 is 9.47 Å². The molecule has 0 aromatic carbocycles. The van der Waals surface area contributed by atoms with Crippen LogP contribution in [-0.4, -0.2) is 39.0 Å². The molecule has 0 fully saturated rings. The molecule has 0 aliphatic heterocycles. The zero-order chi connectivity index (χ0) is 12.2. The largest absolute Gasteiger partial charge is 0.382 e. The summed E-state index contributed by atoms with van der Waals surface area (Å²) in [5.41, 5.74) is 0. The molecule has 0 aromatic rings. The van der Waals surface area contributed by atoms with E-state index in [4.69, 9.17) is 9.47 Å². The van der Waals surface area contributed by atoms with Crippen LogP contribution in [0.4, 0.5) is 0 Å². The summed E-state index contributed by atoms with van der Waals surface area (Å²) in [6.07, 6.45) is 5.22. The summed E-state index contributed by atoms with van der Waals surface area (Å²) < 4.78 is 10.6. The second-order valence-electron chi connectivity index (χ2n) is 4.66.